The zero-order valence-corrected chi connectivity index (χ0v) is 14.1. The second-order valence-corrected chi connectivity index (χ2v) is 6.93. The van der Waals surface area contributed by atoms with Gasteiger partial charge in [-0.25, -0.2) is 13.1 Å². The number of hydrogen-bond acceptors (Lipinski definition) is 4. The summed E-state index contributed by atoms with van der Waals surface area (Å²) in [6.45, 7) is 9.07. The molecule has 0 amide bonds. The molecule has 0 aliphatic rings. The normalized spacial score (nSPS) is 11.8. The highest BCUT2D eigenvalue weighted by Gasteiger charge is 2.21. The highest BCUT2D eigenvalue weighted by atomic mass is 32.2. The maximum atomic E-state index is 12.5. The third kappa shape index (κ3) is 4.69. The Balaban J connectivity index is 2.80. The van der Waals surface area contributed by atoms with Gasteiger partial charge in [-0.3, -0.25) is 0 Å². The molecule has 3 N–H and O–H groups in total. The molecule has 0 saturated carbocycles. The standard InChI is InChI=1S/C15H26N2O3S/c1-5-8-20-9-6-7-17-21(18,19)15-12(3)11(2)10-14(16)13(15)4/h10,17H,5-9,16H2,1-4H3. The summed E-state index contributed by atoms with van der Waals surface area (Å²) in [4.78, 5) is 0.300. The van der Waals surface area contributed by atoms with E-state index in [4.69, 9.17) is 10.5 Å². The Hall–Kier alpha value is -1.11. The van der Waals surface area contributed by atoms with Gasteiger partial charge in [-0.05, 0) is 56.4 Å². The minimum absolute atomic E-state index is 0.300. The van der Waals surface area contributed by atoms with Crippen LogP contribution in [0.15, 0.2) is 11.0 Å². The molecule has 0 aliphatic heterocycles. The Morgan fingerprint density at radius 2 is 1.86 bits per heavy atom. The molecule has 0 unspecified atom stereocenters. The minimum atomic E-state index is -3.54. The van der Waals surface area contributed by atoms with Gasteiger partial charge in [-0.2, -0.15) is 0 Å². The van der Waals surface area contributed by atoms with Crippen LogP contribution in [0.2, 0.25) is 0 Å². The molecular weight excluding hydrogens is 288 g/mol. The molecule has 0 aliphatic carbocycles. The third-order valence-corrected chi connectivity index (χ3v) is 5.19. The van der Waals surface area contributed by atoms with E-state index in [1.165, 1.54) is 0 Å². The summed E-state index contributed by atoms with van der Waals surface area (Å²) in [7, 11) is -3.54. The Labute approximate surface area is 127 Å². The summed E-state index contributed by atoms with van der Waals surface area (Å²) in [5.41, 5.74) is 8.62. The summed E-state index contributed by atoms with van der Waals surface area (Å²) >= 11 is 0. The van der Waals surface area contributed by atoms with E-state index in [9.17, 15) is 8.42 Å². The predicted octanol–water partition coefficient (Wildman–Crippen LogP) is 2.29. The molecule has 0 radical (unpaired) electrons. The van der Waals surface area contributed by atoms with Gasteiger partial charge >= 0.3 is 0 Å². The maximum absolute atomic E-state index is 12.5. The predicted molar refractivity (Wildman–Crippen MR) is 86.0 cm³/mol. The van der Waals surface area contributed by atoms with Gasteiger partial charge in [0.15, 0.2) is 0 Å². The van der Waals surface area contributed by atoms with Gasteiger partial charge in [0.05, 0.1) is 4.90 Å². The van der Waals surface area contributed by atoms with Crippen LogP contribution >= 0.6 is 0 Å². The summed E-state index contributed by atoms with van der Waals surface area (Å²) in [5, 5.41) is 0. The lowest BCUT2D eigenvalue weighted by atomic mass is 10.1. The lowest BCUT2D eigenvalue weighted by Gasteiger charge is -2.16. The smallest absolute Gasteiger partial charge is 0.241 e. The van der Waals surface area contributed by atoms with Crippen molar-refractivity contribution in [2.75, 3.05) is 25.5 Å². The quantitative estimate of drug-likeness (QED) is 0.570. The number of nitrogens with two attached hydrogens (primary N) is 1. The summed E-state index contributed by atoms with van der Waals surface area (Å²) in [6, 6.07) is 1.81. The lowest BCUT2D eigenvalue weighted by molar-refractivity contribution is 0.133. The summed E-state index contributed by atoms with van der Waals surface area (Å²) in [6.07, 6.45) is 1.62. The molecule has 1 aromatic carbocycles. The van der Waals surface area contributed by atoms with Crippen LogP contribution in [-0.2, 0) is 14.8 Å². The third-order valence-electron chi connectivity index (χ3n) is 3.45. The molecule has 1 rings (SSSR count). The van der Waals surface area contributed by atoms with E-state index in [1.807, 2.05) is 19.9 Å². The Bertz CT molecular complexity index is 557. The van der Waals surface area contributed by atoms with Gasteiger partial charge in [0.25, 0.3) is 0 Å². The second-order valence-electron chi connectivity index (χ2n) is 5.23. The number of benzene rings is 1. The van der Waals surface area contributed by atoms with Crippen LogP contribution in [0.3, 0.4) is 0 Å². The Morgan fingerprint density at radius 3 is 2.48 bits per heavy atom. The van der Waals surface area contributed by atoms with Gasteiger partial charge < -0.3 is 10.5 Å². The van der Waals surface area contributed by atoms with Gasteiger partial charge in [-0.1, -0.05) is 6.92 Å². The number of hydrogen-bond donors (Lipinski definition) is 2. The number of sulfonamides is 1. The first-order valence-electron chi connectivity index (χ1n) is 7.25. The fraction of sp³-hybridized carbons (Fsp3) is 0.600. The number of nitrogen functional groups attached to an aromatic ring is 1. The van der Waals surface area contributed by atoms with E-state index in [1.54, 1.807) is 13.8 Å². The van der Waals surface area contributed by atoms with Gasteiger partial charge in [0, 0.05) is 25.4 Å². The monoisotopic (exact) mass is 314 g/mol. The Morgan fingerprint density at radius 1 is 1.19 bits per heavy atom. The molecule has 0 heterocycles. The van der Waals surface area contributed by atoms with E-state index in [2.05, 4.69) is 4.72 Å². The number of ether oxygens (including phenoxy) is 1. The van der Waals surface area contributed by atoms with Crippen molar-refractivity contribution in [3.63, 3.8) is 0 Å². The number of anilines is 1. The van der Waals surface area contributed by atoms with Crippen LogP contribution in [0, 0.1) is 20.8 Å². The van der Waals surface area contributed by atoms with Crippen molar-refractivity contribution in [2.24, 2.45) is 0 Å². The number of aryl methyl sites for hydroxylation is 1. The number of rotatable bonds is 8. The Kier molecular flexibility index (Phi) is 6.64. The van der Waals surface area contributed by atoms with Gasteiger partial charge in [0.2, 0.25) is 10.0 Å². The van der Waals surface area contributed by atoms with E-state index in [0.29, 0.717) is 42.3 Å². The fourth-order valence-electron chi connectivity index (χ4n) is 2.14. The molecule has 0 fully saturated rings. The molecular formula is C15H26N2O3S. The second kappa shape index (κ2) is 7.77. The molecule has 0 aromatic heterocycles. The minimum Gasteiger partial charge on any atom is -0.398 e. The van der Waals surface area contributed by atoms with Crippen molar-refractivity contribution in [3.05, 3.63) is 22.8 Å². The first-order valence-corrected chi connectivity index (χ1v) is 8.73. The summed E-state index contributed by atoms with van der Waals surface area (Å²) in [5.74, 6) is 0. The lowest BCUT2D eigenvalue weighted by Crippen LogP contribution is -2.27. The van der Waals surface area contributed by atoms with Crippen LogP contribution in [0.5, 0.6) is 0 Å². The molecule has 0 saturated heterocycles. The van der Waals surface area contributed by atoms with Crippen LogP contribution in [0.1, 0.15) is 36.5 Å². The van der Waals surface area contributed by atoms with Crippen LogP contribution < -0.4 is 10.5 Å². The molecule has 120 valence electrons. The van der Waals surface area contributed by atoms with Crippen molar-refractivity contribution in [1.29, 1.82) is 0 Å². The molecule has 5 nitrogen and oxygen atoms in total. The van der Waals surface area contributed by atoms with Crippen molar-refractivity contribution in [2.45, 2.75) is 45.4 Å². The van der Waals surface area contributed by atoms with E-state index in [0.717, 1.165) is 17.5 Å². The van der Waals surface area contributed by atoms with Crippen molar-refractivity contribution in [1.82, 2.24) is 4.72 Å². The molecule has 6 heteroatoms. The van der Waals surface area contributed by atoms with Crippen molar-refractivity contribution in [3.8, 4) is 0 Å². The zero-order valence-electron chi connectivity index (χ0n) is 13.3. The van der Waals surface area contributed by atoms with Crippen molar-refractivity contribution < 1.29 is 13.2 Å². The first-order chi connectivity index (χ1) is 9.81. The molecule has 1 aromatic rings. The van der Waals surface area contributed by atoms with E-state index >= 15 is 0 Å². The average molecular weight is 314 g/mol. The fourth-order valence-corrected chi connectivity index (χ4v) is 3.79. The van der Waals surface area contributed by atoms with Crippen LogP contribution in [-0.4, -0.2) is 28.2 Å². The molecule has 0 spiro atoms. The molecule has 0 bridgehead atoms. The summed E-state index contributed by atoms with van der Waals surface area (Å²) < 4.78 is 32.9. The van der Waals surface area contributed by atoms with Crippen LogP contribution in [0.4, 0.5) is 5.69 Å². The largest absolute Gasteiger partial charge is 0.398 e. The van der Waals surface area contributed by atoms with Crippen molar-refractivity contribution >= 4 is 15.7 Å². The zero-order chi connectivity index (χ0) is 16.0. The highest BCUT2D eigenvalue weighted by Crippen LogP contribution is 2.27. The van der Waals surface area contributed by atoms with Gasteiger partial charge in [-0.15, -0.1) is 0 Å². The van der Waals surface area contributed by atoms with Gasteiger partial charge in [0.1, 0.15) is 0 Å². The van der Waals surface area contributed by atoms with E-state index < -0.39 is 10.0 Å². The molecule has 21 heavy (non-hydrogen) atoms. The van der Waals surface area contributed by atoms with Crippen LogP contribution in [0.25, 0.3) is 0 Å². The highest BCUT2D eigenvalue weighted by molar-refractivity contribution is 7.89. The number of nitrogens with one attached hydrogen (secondary N) is 1. The maximum Gasteiger partial charge on any atom is 0.241 e. The van der Waals surface area contributed by atoms with E-state index in [-0.39, 0.29) is 0 Å². The SMILES string of the molecule is CCCOCCCNS(=O)(=O)c1c(C)c(C)cc(N)c1C. The first kappa shape index (κ1) is 17.9. The molecule has 0 atom stereocenters. The topological polar surface area (TPSA) is 81.4 Å². The average Bonchev–Trinajstić information content (AvgIpc) is 2.40.